The van der Waals surface area contributed by atoms with Crippen molar-refractivity contribution in [2.75, 3.05) is 18.0 Å². The number of carbonyl (C=O) groups is 2. The Bertz CT molecular complexity index is 984. The summed E-state index contributed by atoms with van der Waals surface area (Å²) in [5.74, 6) is -0.421. The number of hydrogen-bond donors (Lipinski definition) is 0. The molecule has 144 valence electrons. The summed E-state index contributed by atoms with van der Waals surface area (Å²) in [6.45, 7) is 7.67. The smallest absolute Gasteiger partial charge is 0.282 e. The van der Waals surface area contributed by atoms with Crippen LogP contribution in [0.1, 0.15) is 41.5 Å². The Morgan fingerprint density at radius 1 is 0.786 bits per heavy atom. The number of hydrogen-bond acceptors (Lipinski definition) is 3. The van der Waals surface area contributed by atoms with Crippen LogP contribution in [0.4, 0.5) is 5.69 Å². The predicted octanol–water partition coefficient (Wildman–Crippen LogP) is 4.38. The molecule has 0 bridgehead atoms. The van der Waals surface area contributed by atoms with Gasteiger partial charge in [0.15, 0.2) is 0 Å². The lowest BCUT2D eigenvalue weighted by molar-refractivity contribution is -0.120. The predicted molar refractivity (Wildman–Crippen MR) is 112 cm³/mol. The highest BCUT2D eigenvalue weighted by Crippen LogP contribution is 2.37. The van der Waals surface area contributed by atoms with E-state index >= 15 is 0 Å². The molecule has 0 aliphatic carbocycles. The number of imide groups is 1. The van der Waals surface area contributed by atoms with E-state index in [1.54, 1.807) is 0 Å². The number of aryl methyl sites for hydroxylation is 3. The van der Waals surface area contributed by atoms with Gasteiger partial charge in [0.2, 0.25) is 0 Å². The molecule has 2 heterocycles. The molecule has 1 saturated heterocycles. The van der Waals surface area contributed by atoms with Crippen molar-refractivity contribution in [1.82, 2.24) is 4.90 Å². The Hall–Kier alpha value is -2.88. The fourth-order valence-corrected chi connectivity index (χ4v) is 4.27. The molecule has 1 fully saturated rings. The quantitative estimate of drug-likeness (QED) is 0.749. The summed E-state index contributed by atoms with van der Waals surface area (Å²) in [6.07, 6.45) is 3.28. The van der Waals surface area contributed by atoms with Gasteiger partial charge >= 0.3 is 0 Å². The number of rotatable bonds is 3. The third-order valence-electron chi connectivity index (χ3n) is 5.64. The summed E-state index contributed by atoms with van der Waals surface area (Å²) in [4.78, 5) is 30.5. The van der Waals surface area contributed by atoms with Crippen LogP contribution in [0.2, 0.25) is 0 Å². The van der Waals surface area contributed by atoms with Crippen LogP contribution in [0, 0.1) is 20.8 Å². The molecule has 0 aromatic heterocycles. The third-order valence-corrected chi connectivity index (χ3v) is 5.64. The Morgan fingerprint density at radius 3 is 2.18 bits per heavy atom. The molecule has 0 saturated carbocycles. The zero-order valence-corrected chi connectivity index (χ0v) is 16.8. The molecule has 2 aromatic carbocycles. The first-order valence-corrected chi connectivity index (χ1v) is 9.99. The van der Waals surface area contributed by atoms with E-state index < -0.39 is 0 Å². The summed E-state index contributed by atoms with van der Waals surface area (Å²) in [7, 11) is 0. The SMILES string of the molecule is Cc1cccc(N2C(=O)C(c3ccc(C)cc3C)=C(N3CCCCC3)C2=O)c1. The Balaban J connectivity index is 1.87. The maximum absolute atomic E-state index is 13.5. The molecule has 4 heteroatoms. The van der Waals surface area contributed by atoms with Crippen molar-refractivity contribution >= 4 is 23.1 Å². The molecule has 4 rings (SSSR count). The van der Waals surface area contributed by atoms with E-state index in [1.165, 1.54) is 11.3 Å². The number of benzene rings is 2. The second-order valence-corrected chi connectivity index (χ2v) is 7.87. The average Bonchev–Trinajstić information content (AvgIpc) is 2.93. The molecule has 0 atom stereocenters. The van der Waals surface area contributed by atoms with Crippen LogP contribution >= 0.6 is 0 Å². The Labute approximate surface area is 166 Å². The van der Waals surface area contributed by atoms with Gasteiger partial charge in [0.25, 0.3) is 11.8 Å². The van der Waals surface area contributed by atoms with Gasteiger partial charge in [-0.15, -0.1) is 0 Å². The van der Waals surface area contributed by atoms with Crippen molar-refractivity contribution in [3.05, 3.63) is 70.4 Å². The number of anilines is 1. The fraction of sp³-hybridized carbons (Fsp3) is 0.333. The highest BCUT2D eigenvalue weighted by molar-refractivity contribution is 6.45. The normalized spacial score (nSPS) is 17.7. The second-order valence-electron chi connectivity index (χ2n) is 7.87. The third kappa shape index (κ3) is 3.13. The van der Waals surface area contributed by atoms with Crippen LogP contribution in [-0.2, 0) is 9.59 Å². The number of nitrogens with zero attached hydrogens (tertiary/aromatic N) is 2. The Kier molecular flexibility index (Phi) is 4.80. The summed E-state index contributed by atoms with van der Waals surface area (Å²) >= 11 is 0. The fourth-order valence-electron chi connectivity index (χ4n) is 4.27. The summed E-state index contributed by atoms with van der Waals surface area (Å²) in [5, 5.41) is 0. The van der Waals surface area contributed by atoms with Gasteiger partial charge in [-0.05, 0) is 68.9 Å². The molecule has 2 amide bonds. The average molecular weight is 374 g/mol. The molecule has 0 unspecified atom stereocenters. The topological polar surface area (TPSA) is 40.6 Å². The maximum atomic E-state index is 13.5. The molecule has 28 heavy (non-hydrogen) atoms. The van der Waals surface area contributed by atoms with Crippen LogP contribution in [0.15, 0.2) is 48.2 Å². The first kappa shape index (κ1) is 18.5. The summed E-state index contributed by atoms with van der Waals surface area (Å²) in [6, 6.07) is 13.7. The van der Waals surface area contributed by atoms with Crippen molar-refractivity contribution in [2.45, 2.75) is 40.0 Å². The van der Waals surface area contributed by atoms with Gasteiger partial charge in [-0.2, -0.15) is 0 Å². The van der Waals surface area contributed by atoms with Crippen molar-refractivity contribution < 1.29 is 9.59 Å². The molecule has 2 aliphatic rings. The molecule has 0 radical (unpaired) electrons. The van der Waals surface area contributed by atoms with Gasteiger partial charge in [-0.1, -0.05) is 35.9 Å². The van der Waals surface area contributed by atoms with E-state index in [0.717, 1.165) is 48.2 Å². The minimum atomic E-state index is -0.219. The minimum absolute atomic E-state index is 0.201. The van der Waals surface area contributed by atoms with Crippen molar-refractivity contribution in [2.24, 2.45) is 0 Å². The molecular formula is C24H26N2O2. The lowest BCUT2D eigenvalue weighted by atomic mass is 9.96. The van der Waals surface area contributed by atoms with Crippen molar-refractivity contribution in [3.63, 3.8) is 0 Å². The molecule has 2 aromatic rings. The number of likely N-dealkylation sites (tertiary alicyclic amines) is 1. The summed E-state index contributed by atoms with van der Waals surface area (Å²) in [5.41, 5.74) is 5.82. The standard InChI is InChI=1S/C24H26N2O2/c1-16-8-7-9-19(15-16)26-23(27)21(20-11-10-17(2)14-18(20)3)22(24(26)28)25-12-5-4-6-13-25/h7-11,14-15H,4-6,12-13H2,1-3H3. The van der Waals surface area contributed by atoms with Gasteiger partial charge in [0, 0.05) is 13.1 Å². The van der Waals surface area contributed by atoms with E-state index in [0.29, 0.717) is 17.0 Å². The second kappa shape index (κ2) is 7.27. The zero-order valence-electron chi connectivity index (χ0n) is 16.8. The molecule has 0 spiro atoms. The van der Waals surface area contributed by atoms with Gasteiger partial charge < -0.3 is 4.90 Å². The first-order valence-electron chi connectivity index (χ1n) is 9.99. The molecule has 2 aliphatic heterocycles. The largest absolute Gasteiger partial charge is 0.366 e. The van der Waals surface area contributed by atoms with E-state index in [4.69, 9.17) is 0 Å². The maximum Gasteiger partial charge on any atom is 0.282 e. The molecular weight excluding hydrogens is 348 g/mol. The van der Waals surface area contributed by atoms with Crippen LogP contribution in [0.5, 0.6) is 0 Å². The lowest BCUT2D eigenvalue weighted by Crippen LogP contribution is -2.37. The van der Waals surface area contributed by atoms with Crippen molar-refractivity contribution in [1.29, 1.82) is 0 Å². The Morgan fingerprint density at radius 2 is 1.50 bits per heavy atom. The van der Waals surface area contributed by atoms with Gasteiger partial charge in [0.1, 0.15) is 5.70 Å². The molecule has 4 nitrogen and oxygen atoms in total. The zero-order chi connectivity index (χ0) is 19.8. The van der Waals surface area contributed by atoms with Gasteiger partial charge in [0.05, 0.1) is 11.3 Å². The van der Waals surface area contributed by atoms with E-state index in [-0.39, 0.29) is 11.8 Å². The number of piperidine rings is 1. The van der Waals surface area contributed by atoms with E-state index in [9.17, 15) is 9.59 Å². The van der Waals surface area contributed by atoms with Crippen LogP contribution < -0.4 is 4.90 Å². The summed E-state index contributed by atoms with van der Waals surface area (Å²) < 4.78 is 0. The van der Waals surface area contributed by atoms with E-state index in [1.807, 2.05) is 57.2 Å². The minimum Gasteiger partial charge on any atom is -0.366 e. The van der Waals surface area contributed by atoms with Gasteiger partial charge in [-0.25, -0.2) is 4.90 Å². The lowest BCUT2D eigenvalue weighted by Gasteiger charge is -2.29. The monoisotopic (exact) mass is 374 g/mol. The van der Waals surface area contributed by atoms with Crippen LogP contribution in [0.25, 0.3) is 5.57 Å². The number of amides is 2. The highest BCUT2D eigenvalue weighted by Gasteiger charge is 2.43. The van der Waals surface area contributed by atoms with Crippen LogP contribution in [0.3, 0.4) is 0 Å². The van der Waals surface area contributed by atoms with Crippen molar-refractivity contribution in [3.8, 4) is 0 Å². The van der Waals surface area contributed by atoms with E-state index in [2.05, 4.69) is 11.0 Å². The first-order chi connectivity index (χ1) is 13.5. The van der Waals surface area contributed by atoms with Crippen LogP contribution in [-0.4, -0.2) is 29.8 Å². The highest BCUT2D eigenvalue weighted by atomic mass is 16.2. The van der Waals surface area contributed by atoms with Gasteiger partial charge in [-0.3, -0.25) is 9.59 Å². The molecule has 0 N–H and O–H groups in total. The number of carbonyl (C=O) groups excluding carboxylic acids is 2.